The van der Waals surface area contributed by atoms with Crippen molar-refractivity contribution in [3.63, 3.8) is 0 Å². The predicted octanol–water partition coefficient (Wildman–Crippen LogP) is -0.209. The van der Waals surface area contributed by atoms with Crippen LogP contribution in [0.25, 0.3) is 0 Å². The largest absolute Gasteiger partial charge is 0.409 e. The molecule has 0 aliphatic heterocycles. The van der Waals surface area contributed by atoms with E-state index in [9.17, 15) is 8.42 Å². The van der Waals surface area contributed by atoms with E-state index in [2.05, 4.69) is 5.16 Å². The molecular formula is C7H17N3O3S. The lowest BCUT2D eigenvalue weighted by atomic mass is 10.3. The molecule has 1 unspecified atom stereocenters. The predicted molar refractivity (Wildman–Crippen MR) is 54.7 cm³/mol. The maximum absolute atomic E-state index is 11.6. The second-order valence-corrected chi connectivity index (χ2v) is 5.86. The van der Waals surface area contributed by atoms with Crippen molar-refractivity contribution < 1.29 is 13.6 Å². The summed E-state index contributed by atoms with van der Waals surface area (Å²) in [6.07, 6.45) is 0. The maximum Gasteiger partial charge on any atom is 0.216 e. The number of rotatable bonds is 4. The Balaban J connectivity index is 4.89. The van der Waals surface area contributed by atoms with Gasteiger partial charge in [0.05, 0.1) is 11.3 Å². The first-order chi connectivity index (χ1) is 6.25. The van der Waals surface area contributed by atoms with Gasteiger partial charge in [-0.2, -0.15) is 4.31 Å². The lowest BCUT2D eigenvalue weighted by Crippen LogP contribution is -2.46. The van der Waals surface area contributed by atoms with Crippen LogP contribution in [0.1, 0.15) is 20.8 Å². The molecule has 0 fully saturated rings. The van der Waals surface area contributed by atoms with Gasteiger partial charge in [0.15, 0.2) is 5.84 Å². The lowest BCUT2D eigenvalue weighted by molar-refractivity contribution is 0.311. The fourth-order valence-corrected chi connectivity index (χ4v) is 2.04. The molecule has 14 heavy (non-hydrogen) atoms. The topological polar surface area (TPSA) is 96.0 Å². The van der Waals surface area contributed by atoms with Gasteiger partial charge < -0.3 is 10.9 Å². The molecule has 3 N–H and O–H groups in total. The van der Waals surface area contributed by atoms with Crippen molar-refractivity contribution in [2.24, 2.45) is 10.9 Å². The Labute approximate surface area is 84.4 Å². The van der Waals surface area contributed by atoms with E-state index in [1.54, 1.807) is 20.8 Å². The Morgan fingerprint density at radius 1 is 1.43 bits per heavy atom. The summed E-state index contributed by atoms with van der Waals surface area (Å²) in [6, 6.07) is -0.646. The molecule has 0 amide bonds. The molecular weight excluding hydrogens is 206 g/mol. The Kier molecular flexibility index (Phi) is 4.34. The zero-order valence-corrected chi connectivity index (χ0v) is 9.61. The first-order valence-corrected chi connectivity index (χ1v) is 5.69. The lowest BCUT2D eigenvalue weighted by Gasteiger charge is -2.24. The molecule has 0 radical (unpaired) electrons. The monoisotopic (exact) mass is 223 g/mol. The molecule has 0 aromatic rings. The van der Waals surface area contributed by atoms with Crippen LogP contribution < -0.4 is 5.73 Å². The first-order valence-electron chi connectivity index (χ1n) is 4.19. The van der Waals surface area contributed by atoms with Crippen molar-refractivity contribution >= 4 is 15.9 Å². The summed E-state index contributed by atoms with van der Waals surface area (Å²) in [4.78, 5) is 0. The van der Waals surface area contributed by atoms with Crippen LogP contribution in [0, 0.1) is 0 Å². The summed E-state index contributed by atoms with van der Waals surface area (Å²) < 4.78 is 24.3. The average Bonchev–Trinajstić information content (AvgIpc) is 2.13. The van der Waals surface area contributed by atoms with E-state index in [-0.39, 0.29) is 5.84 Å². The van der Waals surface area contributed by atoms with Crippen molar-refractivity contribution in [1.82, 2.24) is 4.31 Å². The van der Waals surface area contributed by atoms with Crippen LogP contribution in [0.5, 0.6) is 0 Å². The Hall–Kier alpha value is -0.820. The number of hydrogen-bond donors (Lipinski definition) is 2. The van der Waals surface area contributed by atoms with E-state index in [4.69, 9.17) is 10.9 Å². The number of likely N-dealkylation sites (N-methyl/N-ethyl adjacent to an activating group) is 1. The average molecular weight is 223 g/mol. The molecule has 1 atom stereocenters. The van der Waals surface area contributed by atoms with Crippen molar-refractivity contribution in [3.05, 3.63) is 0 Å². The minimum atomic E-state index is -3.37. The van der Waals surface area contributed by atoms with Crippen LogP contribution in [0.2, 0.25) is 0 Å². The zero-order chi connectivity index (χ0) is 11.5. The number of amidine groups is 1. The zero-order valence-electron chi connectivity index (χ0n) is 8.80. The van der Waals surface area contributed by atoms with E-state index in [1.807, 2.05) is 0 Å². The molecule has 84 valence electrons. The SMILES string of the molecule is CC(C(N)=NO)N(C)S(=O)(=O)C(C)C. The molecule has 0 heterocycles. The van der Waals surface area contributed by atoms with Crippen molar-refractivity contribution in [2.45, 2.75) is 32.1 Å². The van der Waals surface area contributed by atoms with Crippen molar-refractivity contribution in [1.29, 1.82) is 0 Å². The molecule has 0 bridgehead atoms. The van der Waals surface area contributed by atoms with Gasteiger partial charge in [0.1, 0.15) is 0 Å². The van der Waals surface area contributed by atoms with Gasteiger partial charge in [-0.05, 0) is 20.8 Å². The van der Waals surface area contributed by atoms with E-state index >= 15 is 0 Å². The third-order valence-electron chi connectivity index (χ3n) is 2.09. The van der Waals surface area contributed by atoms with Crippen molar-refractivity contribution in [2.75, 3.05) is 7.05 Å². The first kappa shape index (κ1) is 13.2. The van der Waals surface area contributed by atoms with Gasteiger partial charge in [0, 0.05) is 7.05 Å². The Morgan fingerprint density at radius 3 is 2.14 bits per heavy atom. The number of sulfonamides is 1. The van der Waals surface area contributed by atoms with Gasteiger partial charge in [-0.25, -0.2) is 8.42 Å². The highest BCUT2D eigenvalue weighted by Crippen LogP contribution is 2.09. The molecule has 6 nitrogen and oxygen atoms in total. The van der Waals surface area contributed by atoms with E-state index in [0.717, 1.165) is 4.31 Å². The fourth-order valence-electron chi connectivity index (χ4n) is 0.823. The minimum absolute atomic E-state index is 0.128. The van der Waals surface area contributed by atoms with Crippen LogP contribution in [-0.2, 0) is 10.0 Å². The molecule has 0 aromatic heterocycles. The summed E-state index contributed by atoms with van der Waals surface area (Å²) in [6.45, 7) is 4.70. The molecule has 0 aromatic carbocycles. The van der Waals surface area contributed by atoms with Gasteiger partial charge >= 0.3 is 0 Å². The fraction of sp³-hybridized carbons (Fsp3) is 0.857. The summed E-state index contributed by atoms with van der Waals surface area (Å²) in [5.74, 6) is -0.128. The van der Waals surface area contributed by atoms with E-state index < -0.39 is 21.3 Å². The summed E-state index contributed by atoms with van der Waals surface area (Å²) in [5, 5.41) is 10.6. The smallest absolute Gasteiger partial charge is 0.216 e. The maximum atomic E-state index is 11.6. The molecule has 0 spiro atoms. The van der Waals surface area contributed by atoms with Crippen molar-refractivity contribution in [3.8, 4) is 0 Å². The van der Waals surface area contributed by atoms with Crippen LogP contribution in [0.3, 0.4) is 0 Å². The normalized spacial score (nSPS) is 16.3. The number of nitrogens with two attached hydrogens (primary N) is 1. The summed E-state index contributed by atoms with van der Waals surface area (Å²) in [5.41, 5.74) is 5.31. The quantitative estimate of drug-likeness (QED) is 0.298. The summed E-state index contributed by atoms with van der Waals surface area (Å²) in [7, 11) is -1.97. The third kappa shape index (κ3) is 2.58. The second-order valence-electron chi connectivity index (χ2n) is 3.31. The Bertz CT molecular complexity index is 310. The van der Waals surface area contributed by atoms with Crippen LogP contribution >= 0.6 is 0 Å². The highest BCUT2D eigenvalue weighted by Gasteiger charge is 2.28. The van der Waals surface area contributed by atoms with Gasteiger partial charge in [0.25, 0.3) is 0 Å². The summed E-state index contributed by atoms with van der Waals surface area (Å²) >= 11 is 0. The second kappa shape index (κ2) is 4.61. The third-order valence-corrected chi connectivity index (χ3v) is 4.40. The highest BCUT2D eigenvalue weighted by molar-refractivity contribution is 7.89. The van der Waals surface area contributed by atoms with Gasteiger partial charge in [-0.15, -0.1) is 0 Å². The standard InChI is InChI=1S/C7H17N3O3S/c1-5(2)14(12,13)10(4)6(3)7(8)9-11/h5-6,11H,1-4H3,(H2,8,9). The molecule has 7 heteroatoms. The van der Waals surface area contributed by atoms with Crippen LogP contribution in [0.4, 0.5) is 0 Å². The molecule has 0 saturated heterocycles. The van der Waals surface area contributed by atoms with E-state index in [1.165, 1.54) is 7.05 Å². The van der Waals surface area contributed by atoms with Crippen LogP contribution in [-0.4, -0.2) is 42.1 Å². The van der Waals surface area contributed by atoms with Crippen LogP contribution in [0.15, 0.2) is 5.16 Å². The Morgan fingerprint density at radius 2 is 1.86 bits per heavy atom. The number of oxime groups is 1. The minimum Gasteiger partial charge on any atom is -0.409 e. The number of nitrogens with zero attached hydrogens (tertiary/aromatic N) is 2. The van der Waals surface area contributed by atoms with Gasteiger partial charge in [-0.3, -0.25) is 0 Å². The van der Waals surface area contributed by atoms with Gasteiger partial charge in [0.2, 0.25) is 10.0 Å². The van der Waals surface area contributed by atoms with Gasteiger partial charge in [-0.1, -0.05) is 5.16 Å². The highest BCUT2D eigenvalue weighted by atomic mass is 32.2. The molecule has 0 aliphatic rings. The number of hydrogen-bond acceptors (Lipinski definition) is 4. The molecule has 0 aliphatic carbocycles. The molecule has 0 rings (SSSR count). The van der Waals surface area contributed by atoms with E-state index in [0.29, 0.717) is 0 Å². The molecule has 0 saturated carbocycles.